The van der Waals surface area contributed by atoms with Gasteiger partial charge in [0.25, 0.3) is 0 Å². The molecule has 0 radical (unpaired) electrons. The van der Waals surface area contributed by atoms with Gasteiger partial charge in [-0.05, 0) is 45.4 Å². The molecular formula is C21H31N3O4S. The maximum absolute atomic E-state index is 13.1. The second-order valence-electron chi connectivity index (χ2n) is 8.38. The van der Waals surface area contributed by atoms with Crippen LogP contribution in [0.15, 0.2) is 24.3 Å². The van der Waals surface area contributed by atoms with Crippen molar-refractivity contribution in [2.45, 2.75) is 51.1 Å². The summed E-state index contributed by atoms with van der Waals surface area (Å²) in [7, 11) is -1.32. The maximum atomic E-state index is 13.1. The number of anilines is 1. The standard InChI is InChI=1S/C21H31N3O4S/c1-16-7-9-17(10-8-16)22-20(25)13-23(2)14-21(26)24(18-5-3-4-6-18)19-11-12-29(27,28)15-19/h7-10,18-19H,3-6,11-15H2,1-2H3,(H,22,25)/t19-/m0/s1. The first kappa shape index (κ1) is 21.8. The molecule has 1 atom stereocenters. The molecule has 1 aliphatic heterocycles. The fraction of sp³-hybridized carbons (Fsp3) is 0.619. The van der Waals surface area contributed by atoms with Crippen LogP contribution in [0.1, 0.15) is 37.7 Å². The largest absolute Gasteiger partial charge is 0.335 e. The van der Waals surface area contributed by atoms with Gasteiger partial charge in [0.1, 0.15) is 0 Å². The van der Waals surface area contributed by atoms with Crippen LogP contribution in [-0.2, 0) is 19.4 Å². The van der Waals surface area contributed by atoms with Crippen molar-refractivity contribution >= 4 is 27.3 Å². The molecule has 1 aromatic carbocycles. The molecule has 2 amide bonds. The highest BCUT2D eigenvalue weighted by atomic mass is 32.2. The summed E-state index contributed by atoms with van der Waals surface area (Å²) >= 11 is 0. The number of amides is 2. The summed E-state index contributed by atoms with van der Waals surface area (Å²) in [5.74, 6) is -0.0415. The topological polar surface area (TPSA) is 86.8 Å². The van der Waals surface area contributed by atoms with E-state index in [-0.39, 0.29) is 48.5 Å². The van der Waals surface area contributed by atoms with Crippen molar-refractivity contribution in [2.75, 3.05) is 37.0 Å². The predicted octanol–water partition coefficient (Wildman–Crippen LogP) is 1.82. The van der Waals surface area contributed by atoms with Crippen molar-refractivity contribution in [2.24, 2.45) is 0 Å². The lowest BCUT2D eigenvalue weighted by Gasteiger charge is -2.35. The van der Waals surface area contributed by atoms with Crippen LogP contribution in [-0.4, -0.2) is 73.8 Å². The minimum Gasteiger partial charge on any atom is -0.335 e. The quantitative estimate of drug-likeness (QED) is 0.726. The van der Waals surface area contributed by atoms with Crippen LogP contribution in [0.5, 0.6) is 0 Å². The second-order valence-corrected chi connectivity index (χ2v) is 10.6. The molecule has 1 aromatic rings. The van der Waals surface area contributed by atoms with Gasteiger partial charge in [0.2, 0.25) is 11.8 Å². The van der Waals surface area contributed by atoms with E-state index < -0.39 is 9.84 Å². The van der Waals surface area contributed by atoms with E-state index in [1.807, 2.05) is 36.1 Å². The van der Waals surface area contributed by atoms with Gasteiger partial charge in [-0.1, -0.05) is 30.5 Å². The van der Waals surface area contributed by atoms with Crippen molar-refractivity contribution in [3.8, 4) is 0 Å². The summed E-state index contributed by atoms with van der Waals surface area (Å²) < 4.78 is 23.9. The number of aryl methyl sites for hydroxylation is 1. The molecule has 1 saturated carbocycles. The minimum atomic E-state index is -3.06. The van der Waals surface area contributed by atoms with E-state index in [4.69, 9.17) is 0 Å². The van der Waals surface area contributed by atoms with Crippen molar-refractivity contribution in [3.63, 3.8) is 0 Å². The number of hydrogen-bond acceptors (Lipinski definition) is 5. The van der Waals surface area contributed by atoms with Crippen LogP contribution in [0, 0.1) is 6.92 Å². The molecule has 2 fully saturated rings. The number of hydrogen-bond donors (Lipinski definition) is 1. The molecule has 1 saturated heterocycles. The summed E-state index contributed by atoms with van der Waals surface area (Å²) in [5, 5.41) is 2.84. The average molecular weight is 422 g/mol. The Kier molecular flexibility index (Phi) is 6.95. The van der Waals surface area contributed by atoms with Crippen molar-refractivity contribution in [3.05, 3.63) is 29.8 Å². The van der Waals surface area contributed by atoms with Gasteiger partial charge in [0.15, 0.2) is 9.84 Å². The van der Waals surface area contributed by atoms with Crippen LogP contribution in [0.4, 0.5) is 5.69 Å². The Balaban J connectivity index is 1.58. The fourth-order valence-electron chi connectivity index (χ4n) is 4.33. The van der Waals surface area contributed by atoms with Gasteiger partial charge in [-0.15, -0.1) is 0 Å². The highest BCUT2D eigenvalue weighted by molar-refractivity contribution is 7.91. The highest BCUT2D eigenvalue weighted by Crippen LogP contribution is 2.29. The Bertz CT molecular complexity index is 832. The molecule has 1 aliphatic carbocycles. The molecule has 8 heteroatoms. The summed E-state index contributed by atoms with van der Waals surface area (Å²) in [6.45, 7) is 2.19. The molecule has 0 aromatic heterocycles. The average Bonchev–Trinajstić information content (AvgIpc) is 3.27. The van der Waals surface area contributed by atoms with Gasteiger partial charge >= 0.3 is 0 Å². The molecule has 0 bridgehead atoms. The molecule has 1 N–H and O–H groups in total. The highest BCUT2D eigenvalue weighted by Gasteiger charge is 2.39. The molecule has 0 spiro atoms. The Labute approximate surface area is 173 Å². The summed E-state index contributed by atoms with van der Waals surface area (Å²) in [4.78, 5) is 28.9. The van der Waals surface area contributed by atoms with E-state index in [0.29, 0.717) is 6.42 Å². The minimum absolute atomic E-state index is 0.0624. The third kappa shape index (κ3) is 6.02. The zero-order chi connectivity index (χ0) is 21.0. The number of nitrogens with one attached hydrogen (secondary N) is 1. The molecule has 160 valence electrons. The Morgan fingerprint density at radius 1 is 1.03 bits per heavy atom. The molecule has 7 nitrogen and oxygen atoms in total. The predicted molar refractivity (Wildman–Crippen MR) is 113 cm³/mol. The monoisotopic (exact) mass is 421 g/mol. The van der Waals surface area contributed by atoms with Gasteiger partial charge in [-0.25, -0.2) is 8.42 Å². The van der Waals surface area contributed by atoms with Gasteiger partial charge < -0.3 is 10.2 Å². The zero-order valence-corrected chi connectivity index (χ0v) is 18.1. The summed E-state index contributed by atoms with van der Waals surface area (Å²) in [6.07, 6.45) is 4.52. The van der Waals surface area contributed by atoms with Gasteiger partial charge in [0, 0.05) is 17.8 Å². The zero-order valence-electron chi connectivity index (χ0n) is 17.3. The second kappa shape index (κ2) is 9.26. The van der Waals surface area contributed by atoms with Gasteiger partial charge in [-0.3, -0.25) is 14.5 Å². The van der Waals surface area contributed by atoms with E-state index in [2.05, 4.69) is 5.32 Å². The van der Waals surface area contributed by atoms with E-state index in [9.17, 15) is 18.0 Å². The first-order valence-corrected chi connectivity index (χ1v) is 12.1. The molecular weight excluding hydrogens is 390 g/mol. The lowest BCUT2D eigenvalue weighted by atomic mass is 10.1. The number of carbonyl (C=O) groups excluding carboxylic acids is 2. The number of likely N-dealkylation sites (N-methyl/N-ethyl adjacent to an activating group) is 1. The van der Waals surface area contributed by atoms with E-state index >= 15 is 0 Å². The van der Waals surface area contributed by atoms with E-state index in [1.165, 1.54) is 0 Å². The van der Waals surface area contributed by atoms with Crippen LogP contribution in [0.25, 0.3) is 0 Å². The lowest BCUT2D eigenvalue weighted by molar-refractivity contribution is -0.136. The van der Waals surface area contributed by atoms with Crippen LogP contribution in [0.2, 0.25) is 0 Å². The maximum Gasteiger partial charge on any atom is 0.238 e. The Hall–Kier alpha value is -1.93. The molecule has 29 heavy (non-hydrogen) atoms. The Morgan fingerprint density at radius 2 is 1.69 bits per heavy atom. The third-order valence-corrected chi connectivity index (χ3v) is 7.51. The molecule has 2 aliphatic rings. The smallest absolute Gasteiger partial charge is 0.238 e. The first-order valence-electron chi connectivity index (χ1n) is 10.3. The van der Waals surface area contributed by atoms with Crippen LogP contribution < -0.4 is 5.32 Å². The number of carbonyl (C=O) groups is 2. The number of rotatable bonds is 7. The van der Waals surface area contributed by atoms with E-state index in [1.54, 1.807) is 11.9 Å². The normalized spacial score (nSPS) is 21.4. The van der Waals surface area contributed by atoms with Gasteiger partial charge in [0.05, 0.1) is 24.6 Å². The first-order chi connectivity index (χ1) is 13.7. The lowest BCUT2D eigenvalue weighted by Crippen LogP contribution is -2.50. The van der Waals surface area contributed by atoms with Crippen molar-refractivity contribution in [1.82, 2.24) is 9.80 Å². The SMILES string of the molecule is Cc1ccc(NC(=O)CN(C)CC(=O)N(C2CCCC2)[C@H]2CCS(=O)(=O)C2)cc1. The van der Waals surface area contributed by atoms with Crippen molar-refractivity contribution in [1.29, 1.82) is 0 Å². The number of benzene rings is 1. The Morgan fingerprint density at radius 3 is 2.28 bits per heavy atom. The van der Waals surface area contributed by atoms with Gasteiger partial charge in [-0.2, -0.15) is 0 Å². The molecule has 3 rings (SSSR count). The van der Waals surface area contributed by atoms with Crippen LogP contribution in [0.3, 0.4) is 0 Å². The number of sulfone groups is 1. The molecule has 0 unspecified atom stereocenters. The van der Waals surface area contributed by atoms with Crippen molar-refractivity contribution < 1.29 is 18.0 Å². The molecule has 1 heterocycles. The fourth-order valence-corrected chi connectivity index (χ4v) is 6.05. The summed E-state index contributed by atoms with van der Waals surface area (Å²) in [5.41, 5.74) is 1.84. The number of nitrogens with zero attached hydrogens (tertiary/aromatic N) is 2. The third-order valence-electron chi connectivity index (χ3n) is 5.76. The van der Waals surface area contributed by atoms with Crippen LogP contribution >= 0.6 is 0 Å². The summed E-state index contributed by atoms with van der Waals surface area (Å²) in [6, 6.07) is 7.44. The van der Waals surface area contributed by atoms with E-state index in [0.717, 1.165) is 36.9 Å².